The maximum absolute atomic E-state index is 11.8. The topological polar surface area (TPSA) is 58.6 Å². The van der Waals surface area contributed by atoms with Crippen molar-refractivity contribution in [1.82, 2.24) is 10.2 Å². The van der Waals surface area contributed by atoms with Gasteiger partial charge in [-0.15, -0.1) is 0 Å². The predicted molar refractivity (Wildman–Crippen MR) is 89.6 cm³/mol. The highest BCUT2D eigenvalue weighted by Gasteiger charge is 2.15. The molecule has 1 fully saturated rings. The molecule has 6 heteroatoms. The van der Waals surface area contributed by atoms with Crippen molar-refractivity contribution in [2.45, 2.75) is 32.1 Å². The maximum atomic E-state index is 11.8. The molecule has 0 saturated carbocycles. The Kier molecular flexibility index (Phi) is 7.20. The van der Waals surface area contributed by atoms with Gasteiger partial charge in [-0.2, -0.15) is 0 Å². The van der Waals surface area contributed by atoms with Gasteiger partial charge in [-0.1, -0.05) is 30.2 Å². The lowest BCUT2D eigenvalue weighted by atomic mass is 10.2. The lowest BCUT2D eigenvalue weighted by molar-refractivity contribution is -0.130. The average molecular weight is 339 g/mol. The molecule has 0 radical (unpaired) electrons. The summed E-state index contributed by atoms with van der Waals surface area (Å²) in [5.41, 5.74) is 0. The largest absolute Gasteiger partial charge is 0.482 e. The lowest BCUT2D eigenvalue weighted by Gasteiger charge is -2.20. The molecule has 2 rings (SSSR count). The van der Waals surface area contributed by atoms with Crippen LogP contribution in [0.2, 0.25) is 5.02 Å². The van der Waals surface area contributed by atoms with E-state index in [1.54, 1.807) is 24.3 Å². The number of para-hydroxylation sites is 1. The van der Waals surface area contributed by atoms with E-state index in [9.17, 15) is 9.59 Å². The van der Waals surface area contributed by atoms with Crippen molar-refractivity contribution in [1.29, 1.82) is 0 Å². The minimum atomic E-state index is -0.188. The van der Waals surface area contributed by atoms with Gasteiger partial charge in [0.25, 0.3) is 5.91 Å². The summed E-state index contributed by atoms with van der Waals surface area (Å²) in [4.78, 5) is 25.5. The van der Waals surface area contributed by atoms with Crippen molar-refractivity contribution in [2.75, 3.05) is 26.2 Å². The molecule has 0 aliphatic carbocycles. The summed E-state index contributed by atoms with van der Waals surface area (Å²) in [6.07, 6.45) is 4.59. The van der Waals surface area contributed by atoms with Crippen molar-refractivity contribution in [3.05, 3.63) is 29.3 Å². The Labute approximate surface area is 141 Å². The van der Waals surface area contributed by atoms with Crippen LogP contribution in [0.25, 0.3) is 0 Å². The van der Waals surface area contributed by atoms with Gasteiger partial charge in [0.2, 0.25) is 5.91 Å². The summed E-state index contributed by atoms with van der Waals surface area (Å²) in [7, 11) is 0. The number of hydrogen-bond donors (Lipinski definition) is 1. The first kappa shape index (κ1) is 17.6. The van der Waals surface area contributed by atoms with Gasteiger partial charge in [0, 0.05) is 26.1 Å². The van der Waals surface area contributed by atoms with Crippen LogP contribution in [0, 0.1) is 0 Å². The Bertz CT molecular complexity index is 536. The Morgan fingerprint density at radius 2 is 2.09 bits per heavy atom. The van der Waals surface area contributed by atoms with Gasteiger partial charge in [0.15, 0.2) is 6.61 Å². The third-order valence-corrected chi connectivity index (χ3v) is 4.11. The summed E-state index contributed by atoms with van der Waals surface area (Å²) >= 11 is 5.95. The minimum Gasteiger partial charge on any atom is -0.482 e. The first-order chi connectivity index (χ1) is 11.2. The first-order valence-electron chi connectivity index (χ1n) is 8.08. The smallest absolute Gasteiger partial charge is 0.257 e. The van der Waals surface area contributed by atoms with Gasteiger partial charge in [-0.25, -0.2) is 0 Å². The molecule has 2 amide bonds. The molecule has 1 aliphatic rings. The summed E-state index contributed by atoms with van der Waals surface area (Å²) in [6, 6.07) is 7.05. The molecule has 5 nitrogen and oxygen atoms in total. The second-order valence-electron chi connectivity index (χ2n) is 5.61. The standard InChI is InChI=1S/C17H23ClN2O3/c18-14-7-3-4-8-15(14)23-13-16(21)19-10-6-12-20-11-5-1-2-9-17(20)22/h3-4,7-8H,1-2,5-6,9-13H2,(H,19,21). The zero-order valence-corrected chi connectivity index (χ0v) is 14.0. The fourth-order valence-corrected chi connectivity index (χ4v) is 2.72. The monoisotopic (exact) mass is 338 g/mol. The third kappa shape index (κ3) is 6.10. The molecule has 1 saturated heterocycles. The maximum Gasteiger partial charge on any atom is 0.257 e. The number of ether oxygens (including phenoxy) is 1. The molecular weight excluding hydrogens is 316 g/mol. The third-order valence-electron chi connectivity index (χ3n) is 3.79. The van der Waals surface area contributed by atoms with Gasteiger partial charge in [-0.05, 0) is 31.4 Å². The molecule has 0 bridgehead atoms. The van der Waals surface area contributed by atoms with E-state index >= 15 is 0 Å². The van der Waals surface area contributed by atoms with Crippen LogP contribution < -0.4 is 10.1 Å². The van der Waals surface area contributed by atoms with Crippen molar-refractivity contribution in [3.8, 4) is 5.75 Å². The Balaban J connectivity index is 1.61. The number of nitrogens with zero attached hydrogens (tertiary/aromatic N) is 1. The van der Waals surface area contributed by atoms with Crippen LogP contribution in [0.4, 0.5) is 0 Å². The Morgan fingerprint density at radius 3 is 2.91 bits per heavy atom. The van der Waals surface area contributed by atoms with Gasteiger partial charge in [-0.3, -0.25) is 9.59 Å². The van der Waals surface area contributed by atoms with Gasteiger partial charge in [0.1, 0.15) is 5.75 Å². The molecular formula is C17H23ClN2O3. The molecule has 126 valence electrons. The minimum absolute atomic E-state index is 0.0631. The van der Waals surface area contributed by atoms with Crippen LogP contribution in [0.3, 0.4) is 0 Å². The van der Waals surface area contributed by atoms with Crippen LogP contribution in [0.1, 0.15) is 32.1 Å². The molecule has 0 aromatic heterocycles. The molecule has 1 aromatic rings. The van der Waals surface area contributed by atoms with E-state index in [4.69, 9.17) is 16.3 Å². The zero-order valence-electron chi connectivity index (χ0n) is 13.2. The quantitative estimate of drug-likeness (QED) is 0.777. The zero-order chi connectivity index (χ0) is 16.5. The molecule has 1 aliphatic heterocycles. The van der Waals surface area contributed by atoms with E-state index in [1.165, 1.54) is 0 Å². The second kappa shape index (κ2) is 9.40. The highest BCUT2D eigenvalue weighted by Crippen LogP contribution is 2.22. The van der Waals surface area contributed by atoms with E-state index in [1.807, 2.05) is 4.90 Å². The van der Waals surface area contributed by atoms with E-state index < -0.39 is 0 Å². The van der Waals surface area contributed by atoms with E-state index in [2.05, 4.69) is 5.32 Å². The number of carbonyl (C=O) groups is 2. The van der Waals surface area contributed by atoms with Crippen LogP contribution in [-0.2, 0) is 9.59 Å². The normalized spacial score (nSPS) is 15.2. The fraction of sp³-hybridized carbons (Fsp3) is 0.529. The summed E-state index contributed by atoms with van der Waals surface area (Å²) in [6.45, 7) is 2.01. The Hall–Kier alpha value is -1.75. The van der Waals surface area contributed by atoms with Crippen molar-refractivity contribution >= 4 is 23.4 Å². The van der Waals surface area contributed by atoms with Crippen LogP contribution in [-0.4, -0.2) is 43.0 Å². The fourth-order valence-electron chi connectivity index (χ4n) is 2.53. The second-order valence-corrected chi connectivity index (χ2v) is 6.02. The van der Waals surface area contributed by atoms with Gasteiger partial charge in [0.05, 0.1) is 5.02 Å². The van der Waals surface area contributed by atoms with Crippen molar-refractivity contribution in [2.24, 2.45) is 0 Å². The number of halogens is 1. The van der Waals surface area contributed by atoms with E-state index in [0.717, 1.165) is 32.2 Å². The molecule has 0 atom stereocenters. The molecule has 1 N–H and O–H groups in total. The van der Waals surface area contributed by atoms with Crippen molar-refractivity contribution in [3.63, 3.8) is 0 Å². The SMILES string of the molecule is O=C(COc1ccccc1Cl)NCCCN1CCCCCC1=O. The molecule has 0 unspecified atom stereocenters. The van der Waals surface area contributed by atoms with Crippen molar-refractivity contribution < 1.29 is 14.3 Å². The highest BCUT2D eigenvalue weighted by atomic mass is 35.5. The number of hydrogen-bond acceptors (Lipinski definition) is 3. The highest BCUT2D eigenvalue weighted by molar-refractivity contribution is 6.32. The summed E-state index contributed by atoms with van der Waals surface area (Å²) in [5, 5.41) is 3.28. The number of nitrogens with one attached hydrogen (secondary N) is 1. The van der Waals surface area contributed by atoms with E-state index in [0.29, 0.717) is 30.3 Å². The van der Waals surface area contributed by atoms with Crippen LogP contribution in [0.5, 0.6) is 5.75 Å². The average Bonchev–Trinajstić information content (AvgIpc) is 2.75. The molecule has 0 spiro atoms. The predicted octanol–water partition coefficient (Wildman–Crippen LogP) is 2.63. The number of rotatable bonds is 7. The Morgan fingerprint density at radius 1 is 1.26 bits per heavy atom. The summed E-state index contributed by atoms with van der Waals surface area (Å²) in [5.74, 6) is 0.544. The lowest BCUT2D eigenvalue weighted by Crippen LogP contribution is -2.35. The summed E-state index contributed by atoms with van der Waals surface area (Å²) < 4.78 is 5.37. The first-order valence-corrected chi connectivity index (χ1v) is 8.46. The molecule has 1 aromatic carbocycles. The van der Waals surface area contributed by atoms with Crippen LogP contribution in [0.15, 0.2) is 24.3 Å². The number of amides is 2. The van der Waals surface area contributed by atoms with Gasteiger partial charge >= 0.3 is 0 Å². The van der Waals surface area contributed by atoms with E-state index in [-0.39, 0.29) is 18.4 Å². The molecule has 23 heavy (non-hydrogen) atoms. The number of likely N-dealkylation sites (tertiary alicyclic amines) is 1. The number of benzene rings is 1. The van der Waals surface area contributed by atoms with Gasteiger partial charge < -0.3 is 15.0 Å². The van der Waals surface area contributed by atoms with Crippen LogP contribution >= 0.6 is 11.6 Å². The number of carbonyl (C=O) groups excluding carboxylic acids is 2. The molecule has 1 heterocycles.